The Hall–Kier alpha value is -4.19. The smallest absolute Gasteiger partial charge is 0.306 e. The molecule has 0 aliphatic carbocycles. The first-order valence-electron chi connectivity index (χ1n) is 30.0. The molecule has 0 bridgehead atoms. The first kappa shape index (κ1) is 68.8. The van der Waals surface area contributed by atoms with Gasteiger partial charge in [-0.2, -0.15) is 0 Å². The van der Waals surface area contributed by atoms with Crippen LogP contribution in [0.2, 0.25) is 0 Å². The Morgan fingerprint density at radius 2 is 0.534 bits per heavy atom. The molecule has 6 heteroatoms. The average molecular weight is 1010 g/mol. The van der Waals surface area contributed by atoms with Crippen LogP contribution in [0.1, 0.15) is 265 Å². The van der Waals surface area contributed by atoms with E-state index in [9.17, 15) is 14.4 Å². The maximum atomic E-state index is 12.8. The van der Waals surface area contributed by atoms with Gasteiger partial charge in [-0.15, -0.1) is 0 Å². The maximum absolute atomic E-state index is 12.8. The van der Waals surface area contributed by atoms with E-state index in [2.05, 4.69) is 118 Å². The zero-order valence-electron chi connectivity index (χ0n) is 47.4. The molecule has 414 valence electrons. The highest BCUT2D eigenvalue weighted by atomic mass is 16.6. The van der Waals surface area contributed by atoms with Gasteiger partial charge in [0.25, 0.3) is 0 Å². The highest BCUT2D eigenvalue weighted by Gasteiger charge is 2.19. The van der Waals surface area contributed by atoms with E-state index < -0.39 is 12.1 Å². The number of carbonyl (C=O) groups excluding carboxylic acids is 3. The topological polar surface area (TPSA) is 78.9 Å². The second-order valence-electron chi connectivity index (χ2n) is 19.5. The Morgan fingerprint density at radius 1 is 0.288 bits per heavy atom. The number of hydrogen-bond acceptors (Lipinski definition) is 6. The Balaban J connectivity index is 4.46. The Bertz CT molecular complexity index is 1540. The normalized spacial score (nSPS) is 13.0. The summed E-state index contributed by atoms with van der Waals surface area (Å²) in [6.45, 7) is 6.30. The lowest BCUT2D eigenvalue weighted by molar-refractivity contribution is -0.166. The van der Waals surface area contributed by atoms with Crippen LogP contribution in [0.25, 0.3) is 0 Å². The molecular formula is C67H110O6. The first-order chi connectivity index (χ1) is 36.0. The van der Waals surface area contributed by atoms with Crippen LogP contribution in [0.4, 0.5) is 0 Å². The van der Waals surface area contributed by atoms with Crippen molar-refractivity contribution in [1.82, 2.24) is 0 Å². The van der Waals surface area contributed by atoms with Gasteiger partial charge in [0.15, 0.2) is 6.10 Å². The Morgan fingerprint density at radius 3 is 0.836 bits per heavy atom. The van der Waals surface area contributed by atoms with Gasteiger partial charge in [-0.25, -0.2) is 0 Å². The van der Waals surface area contributed by atoms with E-state index in [0.717, 1.165) is 83.5 Å². The van der Waals surface area contributed by atoms with Crippen molar-refractivity contribution in [3.05, 3.63) is 122 Å². The molecule has 1 unspecified atom stereocenters. The molecule has 0 aromatic heterocycles. The van der Waals surface area contributed by atoms with Crippen molar-refractivity contribution in [2.24, 2.45) is 0 Å². The third-order valence-corrected chi connectivity index (χ3v) is 12.5. The fraction of sp³-hybridized carbons (Fsp3) is 0.657. The molecule has 0 aliphatic heterocycles. The van der Waals surface area contributed by atoms with Crippen molar-refractivity contribution in [2.45, 2.75) is 271 Å². The van der Waals surface area contributed by atoms with Crippen LogP contribution in [0.15, 0.2) is 122 Å². The Kier molecular flexibility index (Phi) is 56.9. The minimum atomic E-state index is -0.850. The molecule has 0 saturated carbocycles. The molecule has 6 nitrogen and oxygen atoms in total. The Labute approximate surface area is 450 Å². The molecule has 0 rings (SSSR count). The number of ether oxygens (including phenoxy) is 3. The predicted octanol–water partition coefficient (Wildman–Crippen LogP) is 20.4. The van der Waals surface area contributed by atoms with Gasteiger partial charge in [0.05, 0.1) is 0 Å². The van der Waals surface area contributed by atoms with Crippen molar-refractivity contribution in [3.8, 4) is 0 Å². The summed E-state index contributed by atoms with van der Waals surface area (Å²) in [6, 6.07) is 0. The zero-order valence-corrected chi connectivity index (χ0v) is 47.4. The molecule has 0 saturated heterocycles. The molecule has 0 aliphatic rings. The summed E-state index contributed by atoms with van der Waals surface area (Å²) in [6.07, 6.45) is 83.8. The van der Waals surface area contributed by atoms with Crippen LogP contribution in [-0.4, -0.2) is 37.2 Å². The van der Waals surface area contributed by atoms with E-state index in [1.54, 1.807) is 0 Å². The number of esters is 3. The second-order valence-corrected chi connectivity index (χ2v) is 19.5. The lowest BCUT2D eigenvalue weighted by Gasteiger charge is -2.18. The molecular weight excluding hydrogens is 901 g/mol. The molecule has 0 aromatic carbocycles. The monoisotopic (exact) mass is 1010 g/mol. The largest absolute Gasteiger partial charge is 0.462 e. The van der Waals surface area contributed by atoms with Crippen molar-refractivity contribution >= 4 is 17.9 Å². The van der Waals surface area contributed by atoms with Crippen LogP contribution in [0, 0.1) is 0 Å². The van der Waals surface area contributed by atoms with Crippen LogP contribution in [0.5, 0.6) is 0 Å². The molecule has 0 radical (unpaired) electrons. The zero-order chi connectivity index (χ0) is 52.9. The van der Waals surface area contributed by atoms with Crippen molar-refractivity contribution < 1.29 is 28.6 Å². The summed E-state index contributed by atoms with van der Waals surface area (Å²) in [7, 11) is 0. The van der Waals surface area contributed by atoms with E-state index in [-0.39, 0.29) is 38.0 Å². The fourth-order valence-electron chi connectivity index (χ4n) is 8.07. The average Bonchev–Trinajstić information content (AvgIpc) is 3.39. The third kappa shape index (κ3) is 58.6. The molecule has 0 aromatic rings. The predicted molar refractivity (Wildman–Crippen MR) is 316 cm³/mol. The highest BCUT2D eigenvalue weighted by Crippen LogP contribution is 2.16. The molecule has 73 heavy (non-hydrogen) atoms. The van der Waals surface area contributed by atoms with E-state index in [4.69, 9.17) is 14.2 Å². The minimum absolute atomic E-state index is 0.131. The first-order valence-corrected chi connectivity index (χ1v) is 30.0. The number of rotatable bonds is 53. The molecule has 0 N–H and O–H groups in total. The maximum Gasteiger partial charge on any atom is 0.306 e. The van der Waals surface area contributed by atoms with Crippen LogP contribution in [-0.2, 0) is 28.6 Å². The van der Waals surface area contributed by atoms with Gasteiger partial charge in [0, 0.05) is 19.3 Å². The van der Waals surface area contributed by atoms with Crippen LogP contribution < -0.4 is 0 Å². The highest BCUT2D eigenvalue weighted by molar-refractivity contribution is 5.71. The molecule has 0 spiro atoms. The molecule has 1 atom stereocenters. The van der Waals surface area contributed by atoms with Gasteiger partial charge in [-0.05, 0) is 83.5 Å². The fourth-order valence-corrected chi connectivity index (χ4v) is 8.07. The van der Waals surface area contributed by atoms with Crippen LogP contribution >= 0.6 is 0 Å². The van der Waals surface area contributed by atoms with E-state index in [0.29, 0.717) is 19.3 Å². The summed E-state index contributed by atoms with van der Waals surface area (Å²) >= 11 is 0. The van der Waals surface area contributed by atoms with Crippen molar-refractivity contribution in [1.29, 1.82) is 0 Å². The SMILES string of the molecule is CC/C=C\C/C=C\C/C=C\C/C=C\C/C=C\C/C=C\CCC(=O)OC(COC(=O)CC/C=C\C/C=C\C/C=C\C/C=C\CC)COC(=O)CCCCCCCCCCCCCCCCCCCCCCCCC. The lowest BCUT2D eigenvalue weighted by Crippen LogP contribution is -2.30. The third-order valence-electron chi connectivity index (χ3n) is 12.5. The van der Waals surface area contributed by atoms with Crippen molar-refractivity contribution in [2.75, 3.05) is 13.2 Å². The summed E-state index contributed by atoms with van der Waals surface area (Å²) < 4.78 is 16.7. The van der Waals surface area contributed by atoms with Gasteiger partial charge in [0.2, 0.25) is 0 Å². The summed E-state index contributed by atoms with van der Waals surface area (Å²) in [5.41, 5.74) is 0. The van der Waals surface area contributed by atoms with Gasteiger partial charge in [-0.1, -0.05) is 284 Å². The van der Waals surface area contributed by atoms with Crippen LogP contribution in [0.3, 0.4) is 0 Å². The van der Waals surface area contributed by atoms with Crippen molar-refractivity contribution in [3.63, 3.8) is 0 Å². The summed E-state index contributed by atoms with van der Waals surface area (Å²) in [5.74, 6) is -1.10. The van der Waals surface area contributed by atoms with Gasteiger partial charge >= 0.3 is 17.9 Å². The number of carbonyl (C=O) groups is 3. The molecule has 0 amide bonds. The van der Waals surface area contributed by atoms with E-state index in [1.165, 1.54) is 128 Å². The number of unbranched alkanes of at least 4 members (excludes halogenated alkanes) is 22. The van der Waals surface area contributed by atoms with E-state index >= 15 is 0 Å². The molecule has 0 heterocycles. The summed E-state index contributed by atoms with van der Waals surface area (Å²) in [4.78, 5) is 38.1. The quantitative estimate of drug-likeness (QED) is 0.0261. The standard InChI is InChI=1S/C67H110O6/c1-4-7-10-13-16-19-22-25-27-29-31-32-33-34-36-37-39-42-45-48-51-54-57-60-66(69)72-63-64(62-71-65(68)59-56-53-50-47-44-41-24-21-18-15-12-9-6-3)73-67(70)61-58-55-52-49-46-43-40-38-35-30-28-26-23-20-17-14-11-8-5-2/h8-9,11-12,17-18,20-21,26,28,35,38,41,43-44,46,50,52-53,55,64H,4-7,10,13-16,19,22-25,27,29-34,36-37,39-40,42,45,47-49,51,54,56-63H2,1-3H3/b11-8-,12-9-,20-17-,21-18-,28-26-,38-35-,44-41-,46-43-,53-50-,55-52-. The van der Waals surface area contributed by atoms with Gasteiger partial charge in [0.1, 0.15) is 13.2 Å². The lowest BCUT2D eigenvalue weighted by atomic mass is 10.0. The van der Waals surface area contributed by atoms with Gasteiger partial charge < -0.3 is 14.2 Å². The number of hydrogen-bond donors (Lipinski definition) is 0. The number of allylic oxidation sites excluding steroid dienone is 20. The molecule has 0 fully saturated rings. The second kappa shape index (κ2) is 60.4. The van der Waals surface area contributed by atoms with E-state index in [1.807, 2.05) is 24.3 Å². The minimum Gasteiger partial charge on any atom is -0.462 e. The summed E-state index contributed by atoms with van der Waals surface area (Å²) in [5, 5.41) is 0. The van der Waals surface area contributed by atoms with Gasteiger partial charge in [-0.3, -0.25) is 14.4 Å².